The monoisotopic (exact) mass is 272 g/mol. The van der Waals surface area contributed by atoms with Gasteiger partial charge in [0.1, 0.15) is 0 Å². The van der Waals surface area contributed by atoms with Gasteiger partial charge >= 0.3 is 5.97 Å². The maximum atomic E-state index is 11.4. The van der Waals surface area contributed by atoms with Gasteiger partial charge in [-0.25, -0.2) is 4.79 Å². The van der Waals surface area contributed by atoms with E-state index in [-0.39, 0.29) is 0 Å². The molecule has 0 amide bonds. The van der Waals surface area contributed by atoms with Crippen LogP contribution in [-0.2, 0) is 9.53 Å². The van der Waals surface area contributed by atoms with Gasteiger partial charge in [-0.3, -0.25) is 0 Å². The van der Waals surface area contributed by atoms with Crippen LogP contribution in [0.5, 0.6) is 0 Å². The highest BCUT2D eigenvalue weighted by Gasteiger charge is 2.22. The average molecular weight is 272 g/mol. The summed E-state index contributed by atoms with van der Waals surface area (Å²) >= 11 is 3.10. The predicted molar refractivity (Wildman–Crippen MR) is 71.7 cm³/mol. The van der Waals surface area contributed by atoms with Crippen molar-refractivity contribution in [2.45, 2.75) is 22.8 Å². The van der Waals surface area contributed by atoms with E-state index in [1.165, 1.54) is 18.9 Å². The van der Waals surface area contributed by atoms with E-state index in [1.54, 1.807) is 11.8 Å². The number of esters is 1. The summed E-state index contributed by atoms with van der Waals surface area (Å²) < 4.78 is 4.56. The minimum Gasteiger partial charge on any atom is -0.467 e. The molecule has 0 heterocycles. The van der Waals surface area contributed by atoms with E-state index >= 15 is 0 Å². The Balaban J connectivity index is 3.25. The summed E-state index contributed by atoms with van der Waals surface area (Å²) in [5, 5.41) is 9.91. The van der Waals surface area contributed by atoms with Gasteiger partial charge in [0.05, 0.1) is 7.11 Å². The maximum absolute atomic E-state index is 11.4. The number of aliphatic hydroxyl groups excluding tert-OH is 1. The van der Waals surface area contributed by atoms with Crippen LogP contribution >= 0.6 is 23.5 Å². The van der Waals surface area contributed by atoms with E-state index < -0.39 is 12.1 Å². The van der Waals surface area contributed by atoms with E-state index in [4.69, 9.17) is 0 Å². The highest BCUT2D eigenvalue weighted by Crippen LogP contribution is 2.33. The van der Waals surface area contributed by atoms with Gasteiger partial charge in [0.2, 0.25) is 0 Å². The van der Waals surface area contributed by atoms with Crippen LogP contribution in [0.3, 0.4) is 0 Å². The lowest BCUT2D eigenvalue weighted by Gasteiger charge is -2.15. The number of hydrogen-bond acceptors (Lipinski definition) is 5. The second-order valence-corrected chi connectivity index (χ2v) is 5.19. The van der Waals surface area contributed by atoms with Crippen LogP contribution in [0, 0.1) is 6.92 Å². The number of ether oxygens (including phenoxy) is 1. The molecule has 0 radical (unpaired) electrons. The first-order chi connectivity index (χ1) is 8.04. The number of carbonyl (C=O) groups is 1. The second-order valence-electron chi connectivity index (χ2n) is 3.49. The zero-order valence-electron chi connectivity index (χ0n) is 10.3. The molecule has 0 bridgehead atoms. The number of hydrogen-bond donors (Lipinski definition) is 1. The number of carbonyl (C=O) groups excluding carboxylic acids is 1. The Morgan fingerprint density at radius 3 is 2.35 bits per heavy atom. The van der Waals surface area contributed by atoms with Crippen LogP contribution in [-0.4, -0.2) is 30.7 Å². The van der Waals surface area contributed by atoms with Gasteiger partial charge in [0.15, 0.2) is 6.10 Å². The van der Waals surface area contributed by atoms with Crippen LogP contribution in [0.4, 0.5) is 0 Å². The lowest BCUT2D eigenvalue weighted by Crippen LogP contribution is -2.14. The van der Waals surface area contributed by atoms with Gasteiger partial charge in [0.25, 0.3) is 0 Å². The molecule has 0 saturated heterocycles. The molecule has 0 fully saturated rings. The first-order valence-electron chi connectivity index (χ1n) is 5.03. The summed E-state index contributed by atoms with van der Waals surface area (Å²) in [6, 6.07) is 3.84. The van der Waals surface area contributed by atoms with E-state index in [0.717, 1.165) is 15.4 Å². The Hall–Kier alpha value is -0.650. The van der Waals surface area contributed by atoms with Crippen LogP contribution < -0.4 is 0 Å². The molecule has 0 aliphatic heterocycles. The van der Waals surface area contributed by atoms with Gasteiger partial charge < -0.3 is 9.84 Å². The Bertz CT molecular complexity index is 418. The predicted octanol–water partition coefficient (Wildman–Crippen LogP) is 2.65. The standard InChI is InChI=1S/C12H16O3S2/c1-7-5-10(17-4)8(6-9(7)16-3)11(13)12(14)15-2/h5-6,11,13H,1-4H3. The average Bonchev–Trinajstić information content (AvgIpc) is 2.36. The summed E-state index contributed by atoms with van der Waals surface area (Å²) in [6.07, 6.45) is 2.67. The molecule has 94 valence electrons. The van der Waals surface area contributed by atoms with Crippen molar-refractivity contribution in [2.24, 2.45) is 0 Å². The molecular weight excluding hydrogens is 256 g/mol. The molecule has 0 aliphatic carbocycles. The third-order valence-corrected chi connectivity index (χ3v) is 4.14. The van der Waals surface area contributed by atoms with E-state index in [9.17, 15) is 9.90 Å². The summed E-state index contributed by atoms with van der Waals surface area (Å²) in [5.41, 5.74) is 1.75. The van der Waals surface area contributed by atoms with Crippen molar-refractivity contribution in [1.82, 2.24) is 0 Å². The number of aryl methyl sites for hydroxylation is 1. The number of thioether (sulfide) groups is 2. The van der Waals surface area contributed by atoms with Crippen molar-refractivity contribution in [3.05, 3.63) is 23.3 Å². The normalized spacial score (nSPS) is 12.3. The molecule has 0 aliphatic rings. The molecule has 0 saturated carbocycles. The summed E-state index contributed by atoms with van der Waals surface area (Å²) in [5.74, 6) is -0.629. The molecule has 1 aromatic carbocycles. The maximum Gasteiger partial charge on any atom is 0.339 e. The number of benzene rings is 1. The van der Waals surface area contributed by atoms with Crippen LogP contribution in [0.1, 0.15) is 17.2 Å². The van der Waals surface area contributed by atoms with Gasteiger partial charge in [-0.1, -0.05) is 0 Å². The molecule has 0 spiro atoms. The Kier molecular flexibility index (Phi) is 5.36. The zero-order valence-corrected chi connectivity index (χ0v) is 11.9. The summed E-state index contributed by atoms with van der Waals surface area (Å²) in [7, 11) is 1.27. The van der Waals surface area contributed by atoms with Crippen LogP contribution in [0.25, 0.3) is 0 Å². The van der Waals surface area contributed by atoms with Crippen molar-refractivity contribution < 1.29 is 14.6 Å². The van der Waals surface area contributed by atoms with Crippen molar-refractivity contribution in [3.8, 4) is 0 Å². The molecule has 17 heavy (non-hydrogen) atoms. The zero-order chi connectivity index (χ0) is 13.0. The third-order valence-electron chi connectivity index (χ3n) is 2.47. The Morgan fingerprint density at radius 1 is 1.29 bits per heavy atom. The molecule has 3 nitrogen and oxygen atoms in total. The van der Waals surface area contributed by atoms with Gasteiger partial charge in [-0.15, -0.1) is 23.5 Å². The molecule has 5 heteroatoms. The SMILES string of the molecule is COC(=O)C(O)c1cc(SC)c(C)cc1SC. The molecule has 1 aromatic rings. The topological polar surface area (TPSA) is 46.5 Å². The fraction of sp³-hybridized carbons (Fsp3) is 0.417. The summed E-state index contributed by atoms with van der Waals surface area (Å²) in [6.45, 7) is 2.01. The van der Waals surface area contributed by atoms with Crippen molar-refractivity contribution in [1.29, 1.82) is 0 Å². The Morgan fingerprint density at radius 2 is 1.88 bits per heavy atom. The molecule has 0 aromatic heterocycles. The minimum absolute atomic E-state index is 0.610. The highest BCUT2D eigenvalue weighted by atomic mass is 32.2. The number of methoxy groups -OCH3 is 1. The van der Waals surface area contributed by atoms with Crippen molar-refractivity contribution in [2.75, 3.05) is 19.6 Å². The highest BCUT2D eigenvalue weighted by molar-refractivity contribution is 7.99. The lowest BCUT2D eigenvalue weighted by molar-refractivity contribution is -0.150. The molecule has 1 unspecified atom stereocenters. The molecule has 1 atom stereocenters. The van der Waals surface area contributed by atoms with Gasteiger partial charge in [0, 0.05) is 15.4 Å². The van der Waals surface area contributed by atoms with E-state index in [0.29, 0.717) is 5.56 Å². The first kappa shape index (κ1) is 14.4. The van der Waals surface area contributed by atoms with Crippen LogP contribution in [0.2, 0.25) is 0 Å². The fourth-order valence-corrected chi connectivity index (χ4v) is 2.85. The van der Waals surface area contributed by atoms with Gasteiger partial charge in [-0.05, 0) is 37.1 Å². The number of rotatable bonds is 4. The molecule has 1 rings (SSSR count). The Labute approximate surface area is 110 Å². The third kappa shape index (κ3) is 3.18. The van der Waals surface area contributed by atoms with Gasteiger partial charge in [-0.2, -0.15) is 0 Å². The smallest absolute Gasteiger partial charge is 0.339 e. The second kappa shape index (κ2) is 6.33. The van der Waals surface area contributed by atoms with Crippen molar-refractivity contribution >= 4 is 29.5 Å². The fourth-order valence-electron chi connectivity index (χ4n) is 1.53. The first-order valence-corrected chi connectivity index (χ1v) is 7.48. The quantitative estimate of drug-likeness (QED) is 0.674. The summed E-state index contributed by atoms with van der Waals surface area (Å²) in [4.78, 5) is 13.3. The van der Waals surface area contributed by atoms with Crippen molar-refractivity contribution in [3.63, 3.8) is 0 Å². The van der Waals surface area contributed by atoms with E-state index in [1.807, 2.05) is 31.6 Å². The largest absolute Gasteiger partial charge is 0.467 e. The molecule has 1 N–H and O–H groups in total. The number of aliphatic hydroxyl groups is 1. The van der Waals surface area contributed by atoms with Crippen LogP contribution in [0.15, 0.2) is 21.9 Å². The van der Waals surface area contributed by atoms with E-state index in [2.05, 4.69) is 4.74 Å². The minimum atomic E-state index is -1.21. The lowest BCUT2D eigenvalue weighted by atomic mass is 10.1. The molecular formula is C12H16O3S2.